The van der Waals surface area contributed by atoms with Gasteiger partial charge < -0.3 is 0 Å². The normalized spacial score (nSPS) is 14.7. The zero-order valence-corrected chi connectivity index (χ0v) is 19.6. The van der Waals surface area contributed by atoms with E-state index >= 15 is 0 Å². The quantitative estimate of drug-likeness (QED) is 0.431. The van der Waals surface area contributed by atoms with Crippen molar-refractivity contribution in [1.82, 2.24) is 4.57 Å². The maximum absolute atomic E-state index is 13.6. The molecule has 10 nitrogen and oxygen atoms in total. The molecule has 2 N–H and O–H groups in total. The van der Waals surface area contributed by atoms with Crippen LogP contribution < -0.4 is 10.7 Å². The Kier molecular flexibility index (Phi) is 5.67. The number of nitro groups is 1. The molecule has 0 saturated carbocycles. The molecule has 0 aliphatic heterocycles. The van der Waals surface area contributed by atoms with Gasteiger partial charge in [-0.15, -0.1) is 0 Å². The number of Topliss-reactive ketones (excluding diaryl/α,β-unsaturated/α-hetero) is 1. The van der Waals surface area contributed by atoms with Crippen molar-refractivity contribution < 1.29 is 18.1 Å². The molecule has 3 aromatic rings. The molecule has 178 valence electrons. The number of nitrogens with zero attached hydrogens (tertiary/aromatic N) is 3. The highest BCUT2D eigenvalue weighted by molar-refractivity contribution is 7.89. The van der Waals surface area contributed by atoms with Crippen molar-refractivity contribution >= 4 is 21.5 Å². The number of carbonyl (C=O) groups excluding carboxylic acids is 1. The van der Waals surface area contributed by atoms with Crippen LogP contribution in [0.5, 0.6) is 0 Å². The van der Waals surface area contributed by atoms with Crippen LogP contribution in [0.4, 0.5) is 5.69 Å². The lowest BCUT2D eigenvalue weighted by Crippen LogP contribution is -2.36. The van der Waals surface area contributed by atoms with E-state index in [1.165, 1.54) is 53.1 Å². The van der Waals surface area contributed by atoms with Crippen LogP contribution >= 0.6 is 0 Å². The molecule has 1 heterocycles. The van der Waals surface area contributed by atoms with Crippen LogP contribution in [0.25, 0.3) is 16.8 Å². The molecule has 1 aliphatic carbocycles. The maximum atomic E-state index is 13.6. The molecule has 0 fully saturated rings. The molecule has 1 aromatic heterocycles. The third-order valence-electron chi connectivity index (χ3n) is 5.94. The summed E-state index contributed by atoms with van der Waals surface area (Å²) in [6.07, 6.45) is 0.499. The van der Waals surface area contributed by atoms with Crippen LogP contribution in [-0.4, -0.2) is 23.7 Å². The van der Waals surface area contributed by atoms with Crippen molar-refractivity contribution in [1.29, 1.82) is 5.26 Å². The van der Waals surface area contributed by atoms with Crippen LogP contribution in [0.1, 0.15) is 41.9 Å². The molecule has 0 bridgehead atoms. The van der Waals surface area contributed by atoms with Gasteiger partial charge in [-0.1, -0.05) is 13.8 Å². The average Bonchev–Trinajstić information content (AvgIpc) is 2.77. The highest BCUT2D eigenvalue weighted by Crippen LogP contribution is 2.40. The van der Waals surface area contributed by atoms with E-state index in [4.69, 9.17) is 5.14 Å². The van der Waals surface area contributed by atoms with Gasteiger partial charge in [0.2, 0.25) is 10.0 Å². The number of aromatic nitrogens is 1. The van der Waals surface area contributed by atoms with E-state index in [9.17, 15) is 33.4 Å². The van der Waals surface area contributed by atoms with Crippen LogP contribution in [0.15, 0.2) is 58.2 Å². The van der Waals surface area contributed by atoms with Crippen LogP contribution in [0, 0.1) is 26.9 Å². The molecular weight excluding hydrogens is 472 g/mol. The van der Waals surface area contributed by atoms with E-state index in [1.807, 2.05) is 19.9 Å². The van der Waals surface area contributed by atoms with E-state index in [0.29, 0.717) is 17.7 Å². The highest BCUT2D eigenvalue weighted by Gasteiger charge is 2.37. The van der Waals surface area contributed by atoms with Gasteiger partial charge in [0.1, 0.15) is 11.6 Å². The van der Waals surface area contributed by atoms with E-state index in [0.717, 1.165) is 0 Å². The molecule has 0 spiro atoms. The molecule has 1 aliphatic rings. The molecule has 0 radical (unpaired) electrons. The van der Waals surface area contributed by atoms with Gasteiger partial charge in [0.05, 0.1) is 9.82 Å². The monoisotopic (exact) mass is 492 g/mol. The number of hydrogen-bond donors (Lipinski definition) is 1. The smallest absolute Gasteiger partial charge is 0.273 e. The number of nitro benzene ring substituents is 1. The number of hydrogen-bond acceptors (Lipinski definition) is 7. The molecule has 0 amide bonds. The first-order valence-electron chi connectivity index (χ1n) is 10.5. The first-order valence-corrected chi connectivity index (χ1v) is 12.0. The van der Waals surface area contributed by atoms with Gasteiger partial charge in [-0.05, 0) is 53.8 Å². The minimum absolute atomic E-state index is 0.139. The maximum Gasteiger partial charge on any atom is 0.273 e. The van der Waals surface area contributed by atoms with Crippen molar-refractivity contribution in [3.05, 3.63) is 85.8 Å². The summed E-state index contributed by atoms with van der Waals surface area (Å²) in [5.74, 6) is -0.268. The van der Waals surface area contributed by atoms with Crippen molar-refractivity contribution in [3.8, 4) is 22.9 Å². The Balaban J connectivity index is 2.08. The third kappa shape index (κ3) is 4.25. The summed E-state index contributed by atoms with van der Waals surface area (Å²) in [6.45, 7) is 3.77. The summed E-state index contributed by atoms with van der Waals surface area (Å²) in [5.41, 5.74) is -0.301. The largest absolute Gasteiger partial charge is 0.294 e. The van der Waals surface area contributed by atoms with Gasteiger partial charge in [0.25, 0.3) is 11.2 Å². The predicted molar refractivity (Wildman–Crippen MR) is 127 cm³/mol. The zero-order valence-electron chi connectivity index (χ0n) is 18.8. The highest BCUT2D eigenvalue weighted by atomic mass is 32.2. The Morgan fingerprint density at radius 3 is 2.14 bits per heavy atom. The van der Waals surface area contributed by atoms with Gasteiger partial charge in [-0.2, -0.15) is 5.26 Å². The molecule has 11 heteroatoms. The number of non-ortho nitro benzene ring substituents is 1. The Bertz CT molecular complexity index is 1600. The number of nitriles is 1. The SMILES string of the molecule is CC1(C)CC(=O)c2c(-c3ccc([N+](=O)[O-])cc3)c(C#N)c(=O)n(-c3ccc(S(N)(=O)=O)cc3)c2C1. The molecular formula is C24H20N4O6S. The Morgan fingerprint density at radius 1 is 1.03 bits per heavy atom. The van der Waals surface area contributed by atoms with Gasteiger partial charge in [-0.3, -0.25) is 24.3 Å². The summed E-state index contributed by atoms with van der Waals surface area (Å²) >= 11 is 0. The molecule has 35 heavy (non-hydrogen) atoms. The Hall–Kier alpha value is -4.14. The fourth-order valence-electron chi connectivity index (χ4n) is 4.43. The number of primary sulfonamides is 1. The fraction of sp³-hybridized carbons (Fsp3) is 0.208. The lowest BCUT2D eigenvalue weighted by atomic mass is 9.73. The van der Waals surface area contributed by atoms with Crippen LogP contribution in [0.3, 0.4) is 0 Å². The van der Waals surface area contributed by atoms with Crippen LogP contribution in [0.2, 0.25) is 0 Å². The first kappa shape index (κ1) is 24.0. The second kappa shape index (κ2) is 8.26. The average molecular weight is 493 g/mol. The minimum Gasteiger partial charge on any atom is -0.294 e. The fourth-order valence-corrected chi connectivity index (χ4v) is 4.94. The second-order valence-electron chi connectivity index (χ2n) is 9.11. The lowest BCUT2D eigenvalue weighted by molar-refractivity contribution is -0.384. The summed E-state index contributed by atoms with van der Waals surface area (Å²) in [7, 11) is -3.96. The second-order valence-corrected chi connectivity index (χ2v) is 10.7. The Labute approximate surface area is 200 Å². The van der Waals surface area contributed by atoms with E-state index in [1.54, 1.807) is 0 Å². The lowest BCUT2D eigenvalue weighted by Gasteiger charge is -2.33. The number of benzene rings is 2. The predicted octanol–water partition coefficient (Wildman–Crippen LogP) is 3.09. The molecule has 0 saturated heterocycles. The number of carbonyl (C=O) groups is 1. The van der Waals surface area contributed by atoms with Crippen molar-refractivity contribution in [2.75, 3.05) is 0 Å². The Morgan fingerprint density at radius 2 is 1.63 bits per heavy atom. The summed E-state index contributed by atoms with van der Waals surface area (Å²) in [5, 5.41) is 26.2. The molecule has 0 atom stereocenters. The van der Waals surface area contributed by atoms with Crippen LogP contribution in [-0.2, 0) is 16.4 Å². The number of pyridine rings is 1. The van der Waals surface area contributed by atoms with E-state index in [-0.39, 0.29) is 45.2 Å². The minimum atomic E-state index is -3.96. The molecule has 0 unspecified atom stereocenters. The number of fused-ring (bicyclic) bond motifs is 1. The van der Waals surface area contributed by atoms with Crippen molar-refractivity contribution in [2.45, 2.75) is 31.6 Å². The summed E-state index contributed by atoms with van der Waals surface area (Å²) in [4.78, 5) is 37.4. The summed E-state index contributed by atoms with van der Waals surface area (Å²) < 4.78 is 24.6. The molecule has 4 rings (SSSR count). The van der Waals surface area contributed by atoms with Crippen molar-refractivity contribution in [3.63, 3.8) is 0 Å². The van der Waals surface area contributed by atoms with Gasteiger partial charge >= 0.3 is 0 Å². The molecule has 2 aromatic carbocycles. The van der Waals surface area contributed by atoms with E-state index < -0.39 is 25.9 Å². The topological polar surface area (TPSA) is 166 Å². The number of sulfonamides is 1. The standard InChI is InChI=1S/C24H20N4O6S/c1-24(2)11-19-22(20(29)12-24)21(14-3-5-16(6-4-14)28(31)32)18(13-25)23(30)27(19)15-7-9-17(10-8-15)35(26,33)34/h3-10H,11-12H2,1-2H3,(H2,26,33,34). The third-order valence-corrected chi connectivity index (χ3v) is 6.87. The zero-order chi connectivity index (χ0) is 25.7. The van der Waals surface area contributed by atoms with Gasteiger partial charge in [0, 0.05) is 41.1 Å². The van der Waals surface area contributed by atoms with E-state index in [2.05, 4.69) is 0 Å². The van der Waals surface area contributed by atoms with Gasteiger partial charge in [0.15, 0.2) is 5.78 Å². The summed E-state index contributed by atoms with van der Waals surface area (Å²) in [6, 6.07) is 12.5. The number of rotatable bonds is 4. The van der Waals surface area contributed by atoms with Crippen molar-refractivity contribution in [2.24, 2.45) is 10.6 Å². The first-order chi connectivity index (χ1) is 16.3. The van der Waals surface area contributed by atoms with Gasteiger partial charge in [-0.25, -0.2) is 13.6 Å². The number of ketones is 1. The number of nitrogens with two attached hydrogens (primary N) is 1.